The first-order valence-corrected chi connectivity index (χ1v) is 15.4. The van der Waals surface area contributed by atoms with Crippen molar-refractivity contribution >= 4 is 35.5 Å². The van der Waals surface area contributed by atoms with Crippen molar-refractivity contribution in [2.75, 3.05) is 26.2 Å². The number of nitrogens with one attached hydrogen (secondary N) is 4. The monoisotopic (exact) mass is 653 g/mol. The van der Waals surface area contributed by atoms with E-state index >= 15 is 0 Å². The van der Waals surface area contributed by atoms with Crippen molar-refractivity contribution < 1.29 is 39.0 Å². The standard InChI is InChI=1S/C32H43N7O8/c33-14-4-8-23(29(43)38-25(32(46)47)17-20-6-2-1-3-7-20)36-28(42)19-35-30(44)26-9-5-15-39(26)31(45)24(37-27(41)18-34)16-21-10-12-22(40)13-11-21/h1-3,6-7,10-13,23-26,40H,4-5,8-9,14-19,33-34H2,(H,35,44)(H,36,42)(H,37,41)(H,38,43)(H,46,47)/t23-,24-,25-,26-/m0/s1. The summed E-state index contributed by atoms with van der Waals surface area (Å²) in [5.74, 6) is -4.22. The van der Waals surface area contributed by atoms with Crippen LogP contribution in [0.2, 0.25) is 0 Å². The number of likely N-dealkylation sites (tertiary alicyclic amines) is 1. The van der Waals surface area contributed by atoms with Gasteiger partial charge in [-0.25, -0.2) is 4.79 Å². The zero-order chi connectivity index (χ0) is 34.3. The molecule has 2 aromatic rings. The summed E-state index contributed by atoms with van der Waals surface area (Å²) in [6.45, 7) is -0.361. The lowest BCUT2D eigenvalue weighted by molar-refractivity contribution is -0.142. The topological polar surface area (TPSA) is 246 Å². The minimum Gasteiger partial charge on any atom is -0.508 e. The van der Waals surface area contributed by atoms with Crippen LogP contribution in [0.4, 0.5) is 0 Å². The van der Waals surface area contributed by atoms with Gasteiger partial charge in [-0.15, -0.1) is 0 Å². The molecular weight excluding hydrogens is 610 g/mol. The van der Waals surface area contributed by atoms with Crippen LogP contribution < -0.4 is 32.7 Å². The van der Waals surface area contributed by atoms with Crippen LogP contribution in [0.15, 0.2) is 54.6 Å². The average molecular weight is 654 g/mol. The number of amides is 5. The van der Waals surface area contributed by atoms with Gasteiger partial charge < -0.3 is 47.8 Å². The Balaban J connectivity index is 1.61. The molecule has 1 fully saturated rings. The quantitative estimate of drug-likeness (QED) is 0.0984. The molecule has 1 aliphatic rings. The molecule has 3 rings (SSSR count). The molecule has 0 bridgehead atoms. The van der Waals surface area contributed by atoms with Crippen LogP contribution in [0.25, 0.3) is 0 Å². The summed E-state index contributed by atoms with van der Waals surface area (Å²) in [6, 6.07) is 10.7. The van der Waals surface area contributed by atoms with Crippen LogP contribution in [0.1, 0.15) is 36.8 Å². The number of phenolic OH excluding ortho intramolecular Hbond substituents is 1. The van der Waals surface area contributed by atoms with E-state index in [-0.39, 0.29) is 44.6 Å². The van der Waals surface area contributed by atoms with Crippen LogP contribution in [-0.2, 0) is 41.6 Å². The van der Waals surface area contributed by atoms with E-state index in [1.807, 2.05) is 0 Å². The Bertz CT molecular complexity index is 1390. The zero-order valence-corrected chi connectivity index (χ0v) is 26.0. The number of hydrogen-bond acceptors (Lipinski definition) is 9. The molecule has 15 nitrogen and oxygen atoms in total. The molecule has 1 heterocycles. The van der Waals surface area contributed by atoms with E-state index in [1.165, 1.54) is 17.0 Å². The fourth-order valence-corrected chi connectivity index (χ4v) is 5.27. The third-order valence-electron chi connectivity index (χ3n) is 7.70. The van der Waals surface area contributed by atoms with E-state index in [1.54, 1.807) is 42.5 Å². The van der Waals surface area contributed by atoms with Gasteiger partial charge in [-0.3, -0.25) is 24.0 Å². The SMILES string of the molecule is NCCC[C@H](NC(=O)CNC(=O)[C@@H]1CCCN1C(=O)[C@H](Cc1ccc(O)cc1)NC(=O)CN)C(=O)N[C@@H](Cc1ccccc1)C(=O)O. The van der Waals surface area contributed by atoms with Crippen molar-refractivity contribution in [1.82, 2.24) is 26.2 Å². The molecule has 1 saturated heterocycles. The lowest BCUT2D eigenvalue weighted by Crippen LogP contribution is -2.56. The lowest BCUT2D eigenvalue weighted by atomic mass is 10.0. The highest BCUT2D eigenvalue weighted by Crippen LogP contribution is 2.20. The smallest absolute Gasteiger partial charge is 0.326 e. The number of phenols is 1. The Labute approximate surface area is 272 Å². The maximum Gasteiger partial charge on any atom is 0.326 e. The predicted octanol–water partition coefficient (Wildman–Crippen LogP) is -1.48. The Hall–Kier alpha value is -5.02. The molecule has 47 heavy (non-hydrogen) atoms. The first-order chi connectivity index (χ1) is 22.5. The maximum absolute atomic E-state index is 13.6. The van der Waals surface area contributed by atoms with Gasteiger partial charge in [0, 0.05) is 19.4 Å². The number of hydrogen-bond donors (Lipinski definition) is 8. The highest BCUT2D eigenvalue weighted by molar-refractivity contribution is 5.95. The Morgan fingerprint density at radius 3 is 2.11 bits per heavy atom. The molecule has 10 N–H and O–H groups in total. The summed E-state index contributed by atoms with van der Waals surface area (Å²) in [5, 5.41) is 29.4. The van der Waals surface area contributed by atoms with Gasteiger partial charge in [0.15, 0.2) is 0 Å². The minimum atomic E-state index is -1.24. The van der Waals surface area contributed by atoms with E-state index in [2.05, 4.69) is 21.3 Å². The van der Waals surface area contributed by atoms with Crippen molar-refractivity contribution in [2.45, 2.75) is 62.7 Å². The molecule has 0 radical (unpaired) electrons. The van der Waals surface area contributed by atoms with Gasteiger partial charge in [-0.05, 0) is 55.5 Å². The van der Waals surface area contributed by atoms with Crippen molar-refractivity contribution in [2.24, 2.45) is 11.5 Å². The van der Waals surface area contributed by atoms with Crippen LogP contribution in [0.3, 0.4) is 0 Å². The van der Waals surface area contributed by atoms with Gasteiger partial charge in [-0.2, -0.15) is 0 Å². The Morgan fingerprint density at radius 1 is 0.830 bits per heavy atom. The first kappa shape index (κ1) is 36.4. The number of nitrogens with zero attached hydrogens (tertiary/aromatic N) is 1. The van der Waals surface area contributed by atoms with Crippen LogP contribution >= 0.6 is 0 Å². The molecule has 1 aliphatic heterocycles. The molecule has 254 valence electrons. The molecule has 0 unspecified atom stereocenters. The maximum atomic E-state index is 13.6. The molecule has 4 atom stereocenters. The molecule has 0 aliphatic carbocycles. The molecule has 0 spiro atoms. The third-order valence-corrected chi connectivity index (χ3v) is 7.70. The number of nitrogens with two attached hydrogens (primary N) is 2. The fraction of sp³-hybridized carbons (Fsp3) is 0.438. The van der Waals surface area contributed by atoms with E-state index < -0.39 is 66.2 Å². The fourth-order valence-electron chi connectivity index (χ4n) is 5.27. The molecule has 5 amide bonds. The summed E-state index contributed by atoms with van der Waals surface area (Å²) in [5.41, 5.74) is 12.4. The lowest BCUT2D eigenvalue weighted by Gasteiger charge is -2.29. The first-order valence-electron chi connectivity index (χ1n) is 15.4. The third kappa shape index (κ3) is 11.4. The van der Waals surface area contributed by atoms with Crippen molar-refractivity contribution in [3.8, 4) is 5.75 Å². The zero-order valence-electron chi connectivity index (χ0n) is 26.0. The number of aliphatic carboxylic acids is 1. The van der Waals surface area contributed by atoms with Crippen molar-refractivity contribution in [3.05, 3.63) is 65.7 Å². The second-order valence-corrected chi connectivity index (χ2v) is 11.2. The Kier molecular flexibility index (Phi) is 14.1. The molecule has 15 heteroatoms. The highest BCUT2D eigenvalue weighted by Gasteiger charge is 2.38. The van der Waals surface area contributed by atoms with Gasteiger partial charge in [0.05, 0.1) is 13.1 Å². The summed E-state index contributed by atoms with van der Waals surface area (Å²) >= 11 is 0. The number of carboxylic acids is 1. The highest BCUT2D eigenvalue weighted by atomic mass is 16.4. The number of carboxylic acid groups (broad SMARTS) is 1. The second-order valence-electron chi connectivity index (χ2n) is 11.2. The summed E-state index contributed by atoms with van der Waals surface area (Å²) in [4.78, 5) is 78.0. The number of carbonyl (C=O) groups excluding carboxylic acids is 5. The molecular formula is C32H43N7O8. The molecule has 2 aromatic carbocycles. The van der Waals surface area contributed by atoms with E-state index in [9.17, 15) is 39.0 Å². The molecule has 0 saturated carbocycles. The van der Waals surface area contributed by atoms with Gasteiger partial charge >= 0.3 is 5.97 Å². The van der Waals surface area contributed by atoms with E-state index in [4.69, 9.17) is 11.5 Å². The summed E-state index contributed by atoms with van der Waals surface area (Å²) in [7, 11) is 0. The second kappa shape index (κ2) is 18.2. The van der Waals surface area contributed by atoms with Crippen LogP contribution in [0.5, 0.6) is 5.75 Å². The van der Waals surface area contributed by atoms with Gasteiger partial charge in [-0.1, -0.05) is 42.5 Å². The number of benzene rings is 2. The largest absolute Gasteiger partial charge is 0.508 e. The summed E-state index contributed by atoms with van der Waals surface area (Å²) in [6.07, 6.45) is 1.49. The van der Waals surface area contributed by atoms with Gasteiger partial charge in [0.1, 0.15) is 29.9 Å². The van der Waals surface area contributed by atoms with E-state index in [0.717, 1.165) is 0 Å². The van der Waals surface area contributed by atoms with Gasteiger partial charge in [0.25, 0.3) is 0 Å². The van der Waals surface area contributed by atoms with Crippen molar-refractivity contribution in [3.63, 3.8) is 0 Å². The van der Waals surface area contributed by atoms with Crippen LogP contribution in [0, 0.1) is 0 Å². The normalized spacial score (nSPS) is 16.0. The summed E-state index contributed by atoms with van der Waals surface area (Å²) < 4.78 is 0. The Morgan fingerprint density at radius 2 is 1.47 bits per heavy atom. The number of rotatable bonds is 17. The van der Waals surface area contributed by atoms with Gasteiger partial charge in [0.2, 0.25) is 29.5 Å². The van der Waals surface area contributed by atoms with Crippen molar-refractivity contribution in [1.29, 1.82) is 0 Å². The number of aromatic hydroxyl groups is 1. The average Bonchev–Trinajstić information content (AvgIpc) is 3.56. The minimum absolute atomic E-state index is 0.0395. The van der Waals surface area contributed by atoms with E-state index in [0.29, 0.717) is 30.4 Å². The van der Waals surface area contributed by atoms with Crippen LogP contribution in [-0.4, -0.2) is 101 Å². The number of carbonyl (C=O) groups is 6. The predicted molar refractivity (Wildman–Crippen MR) is 170 cm³/mol. The molecule has 0 aromatic heterocycles.